The Morgan fingerprint density at radius 1 is 1.54 bits per heavy atom. The molecule has 13 heavy (non-hydrogen) atoms. The molecule has 0 aromatic heterocycles. The van der Waals surface area contributed by atoms with Gasteiger partial charge in [-0.25, -0.2) is 9.18 Å². The number of rotatable bonds is 2. The summed E-state index contributed by atoms with van der Waals surface area (Å²) < 4.78 is 13.6. The van der Waals surface area contributed by atoms with E-state index in [0.717, 1.165) is 6.07 Å². The first kappa shape index (κ1) is 10.4. The summed E-state index contributed by atoms with van der Waals surface area (Å²) in [7, 11) is 0. The van der Waals surface area contributed by atoms with Crippen molar-refractivity contribution in [1.82, 2.24) is 0 Å². The maximum absolute atomic E-state index is 13.0. The number of halogens is 2. The number of aliphatic hydroxyl groups excluding tert-OH is 1. The SMILES string of the molecule is O=C(O)[C@H](O)c1cc(I)ccc1F. The lowest BCUT2D eigenvalue weighted by Gasteiger charge is -2.06. The van der Waals surface area contributed by atoms with Gasteiger partial charge in [0.15, 0.2) is 6.10 Å². The van der Waals surface area contributed by atoms with Gasteiger partial charge in [0.2, 0.25) is 0 Å². The van der Waals surface area contributed by atoms with Crippen LogP contribution in [0.1, 0.15) is 11.7 Å². The standard InChI is InChI=1S/C8H6FIO3/c9-6-2-1-4(10)3-5(6)7(11)8(12)13/h1-3,7,11H,(H,12,13)/t7-/m1/s1. The van der Waals surface area contributed by atoms with E-state index in [4.69, 9.17) is 10.2 Å². The number of hydrogen-bond acceptors (Lipinski definition) is 2. The van der Waals surface area contributed by atoms with E-state index in [1.54, 1.807) is 0 Å². The molecule has 0 aliphatic carbocycles. The van der Waals surface area contributed by atoms with E-state index in [1.807, 2.05) is 22.6 Å². The maximum Gasteiger partial charge on any atom is 0.337 e. The fraction of sp³-hybridized carbons (Fsp3) is 0.125. The van der Waals surface area contributed by atoms with Gasteiger partial charge in [-0.1, -0.05) is 0 Å². The number of carbonyl (C=O) groups is 1. The van der Waals surface area contributed by atoms with E-state index in [9.17, 15) is 9.18 Å². The van der Waals surface area contributed by atoms with Crippen molar-refractivity contribution in [2.45, 2.75) is 6.10 Å². The molecule has 3 nitrogen and oxygen atoms in total. The quantitative estimate of drug-likeness (QED) is 0.814. The molecule has 1 atom stereocenters. The van der Waals surface area contributed by atoms with Crippen molar-refractivity contribution in [2.75, 3.05) is 0 Å². The van der Waals surface area contributed by atoms with Crippen LogP contribution in [0, 0.1) is 9.39 Å². The fourth-order valence-corrected chi connectivity index (χ4v) is 1.37. The molecule has 0 saturated heterocycles. The topological polar surface area (TPSA) is 57.5 Å². The third kappa shape index (κ3) is 2.38. The molecule has 0 radical (unpaired) electrons. The highest BCUT2D eigenvalue weighted by molar-refractivity contribution is 14.1. The second-order valence-electron chi connectivity index (χ2n) is 2.41. The first-order chi connectivity index (χ1) is 6.02. The zero-order valence-corrected chi connectivity index (χ0v) is 8.53. The minimum absolute atomic E-state index is 0.209. The Balaban J connectivity index is 3.12. The van der Waals surface area contributed by atoms with Crippen LogP contribution in [0.15, 0.2) is 18.2 Å². The molecular formula is C8H6FIO3. The van der Waals surface area contributed by atoms with Crippen molar-refractivity contribution in [3.8, 4) is 0 Å². The Morgan fingerprint density at radius 2 is 2.15 bits per heavy atom. The van der Waals surface area contributed by atoms with Crippen molar-refractivity contribution in [1.29, 1.82) is 0 Å². The smallest absolute Gasteiger partial charge is 0.337 e. The van der Waals surface area contributed by atoms with Crippen LogP contribution >= 0.6 is 22.6 Å². The van der Waals surface area contributed by atoms with Crippen LogP contribution in [0.4, 0.5) is 4.39 Å². The zero-order chi connectivity index (χ0) is 10.0. The molecule has 0 aliphatic rings. The normalized spacial score (nSPS) is 12.5. The van der Waals surface area contributed by atoms with Gasteiger partial charge < -0.3 is 10.2 Å². The third-order valence-electron chi connectivity index (χ3n) is 1.49. The number of aliphatic carboxylic acids is 1. The van der Waals surface area contributed by atoms with Crippen molar-refractivity contribution < 1.29 is 19.4 Å². The Labute approximate surface area is 87.3 Å². The van der Waals surface area contributed by atoms with Crippen LogP contribution in [0.25, 0.3) is 0 Å². The summed E-state index contributed by atoms with van der Waals surface area (Å²) in [5, 5.41) is 17.5. The van der Waals surface area contributed by atoms with Gasteiger partial charge in [-0.15, -0.1) is 0 Å². The van der Waals surface area contributed by atoms with Crippen LogP contribution in [-0.2, 0) is 4.79 Å². The summed E-state index contributed by atoms with van der Waals surface area (Å²) in [6, 6.07) is 3.92. The Morgan fingerprint density at radius 3 is 2.69 bits per heavy atom. The average molecular weight is 296 g/mol. The predicted molar refractivity (Wildman–Crippen MR) is 51.7 cm³/mol. The van der Waals surface area contributed by atoms with Crippen molar-refractivity contribution in [3.05, 3.63) is 33.1 Å². The van der Waals surface area contributed by atoms with Gasteiger partial charge in [-0.3, -0.25) is 0 Å². The van der Waals surface area contributed by atoms with Crippen LogP contribution < -0.4 is 0 Å². The molecule has 1 rings (SSSR count). The monoisotopic (exact) mass is 296 g/mol. The van der Waals surface area contributed by atoms with Crippen LogP contribution in [0.2, 0.25) is 0 Å². The van der Waals surface area contributed by atoms with E-state index in [0.29, 0.717) is 3.57 Å². The number of carboxylic acids is 1. The van der Waals surface area contributed by atoms with Crippen molar-refractivity contribution in [3.63, 3.8) is 0 Å². The lowest BCUT2D eigenvalue weighted by atomic mass is 10.1. The van der Waals surface area contributed by atoms with Crippen molar-refractivity contribution in [2.24, 2.45) is 0 Å². The second-order valence-corrected chi connectivity index (χ2v) is 3.65. The highest BCUT2D eigenvalue weighted by Gasteiger charge is 2.19. The number of carboxylic acid groups (broad SMARTS) is 1. The molecule has 0 fully saturated rings. The van der Waals surface area contributed by atoms with Gasteiger partial charge in [-0.05, 0) is 40.8 Å². The second kappa shape index (κ2) is 4.01. The molecule has 0 spiro atoms. The summed E-state index contributed by atoms with van der Waals surface area (Å²) in [6.07, 6.45) is -1.80. The van der Waals surface area contributed by atoms with Crippen LogP contribution in [0.3, 0.4) is 0 Å². The van der Waals surface area contributed by atoms with Gasteiger partial charge in [-0.2, -0.15) is 0 Å². The zero-order valence-electron chi connectivity index (χ0n) is 6.37. The maximum atomic E-state index is 13.0. The van der Waals surface area contributed by atoms with Crippen molar-refractivity contribution >= 4 is 28.6 Å². The summed E-state index contributed by atoms with van der Waals surface area (Å²) >= 11 is 1.91. The molecular weight excluding hydrogens is 290 g/mol. The molecule has 0 bridgehead atoms. The minimum atomic E-state index is -1.80. The highest BCUT2D eigenvalue weighted by Crippen LogP contribution is 2.19. The van der Waals surface area contributed by atoms with E-state index in [2.05, 4.69) is 0 Å². The third-order valence-corrected chi connectivity index (χ3v) is 2.16. The van der Waals surface area contributed by atoms with Gasteiger partial charge in [0, 0.05) is 9.13 Å². The number of hydrogen-bond donors (Lipinski definition) is 2. The van der Waals surface area contributed by atoms with Crippen LogP contribution in [-0.4, -0.2) is 16.2 Å². The van der Waals surface area contributed by atoms with E-state index in [1.165, 1.54) is 12.1 Å². The lowest BCUT2D eigenvalue weighted by molar-refractivity contribution is -0.147. The molecule has 0 saturated carbocycles. The molecule has 70 valence electrons. The van der Waals surface area contributed by atoms with Gasteiger partial charge in [0.05, 0.1) is 0 Å². The molecule has 2 N–H and O–H groups in total. The minimum Gasteiger partial charge on any atom is -0.479 e. The molecule has 0 unspecified atom stereocenters. The van der Waals surface area contributed by atoms with E-state index < -0.39 is 17.9 Å². The van der Waals surface area contributed by atoms with Gasteiger partial charge in [0.1, 0.15) is 5.82 Å². The molecule has 0 aliphatic heterocycles. The molecule has 0 heterocycles. The Bertz CT molecular complexity index is 340. The Kier molecular flexibility index (Phi) is 3.21. The lowest BCUT2D eigenvalue weighted by Crippen LogP contribution is -2.12. The van der Waals surface area contributed by atoms with Crippen LogP contribution in [0.5, 0.6) is 0 Å². The highest BCUT2D eigenvalue weighted by atomic mass is 127. The van der Waals surface area contributed by atoms with Gasteiger partial charge in [0.25, 0.3) is 0 Å². The summed E-state index contributed by atoms with van der Waals surface area (Å²) in [5.41, 5.74) is -0.209. The average Bonchev–Trinajstić information content (AvgIpc) is 2.08. The molecule has 1 aromatic rings. The van der Waals surface area contributed by atoms with E-state index >= 15 is 0 Å². The molecule has 0 amide bonds. The van der Waals surface area contributed by atoms with Gasteiger partial charge >= 0.3 is 5.97 Å². The predicted octanol–water partition coefficient (Wildman–Crippen LogP) is 1.55. The fourth-order valence-electron chi connectivity index (χ4n) is 0.857. The Hall–Kier alpha value is -0.690. The summed E-state index contributed by atoms with van der Waals surface area (Å²) in [5.74, 6) is -2.17. The first-order valence-corrected chi connectivity index (χ1v) is 4.46. The number of benzene rings is 1. The van der Waals surface area contributed by atoms with E-state index in [-0.39, 0.29) is 5.56 Å². The first-order valence-electron chi connectivity index (χ1n) is 3.38. The summed E-state index contributed by atoms with van der Waals surface area (Å²) in [6.45, 7) is 0. The molecule has 1 aromatic carbocycles. The largest absolute Gasteiger partial charge is 0.479 e. The molecule has 5 heteroatoms. The number of aliphatic hydroxyl groups is 1. The summed E-state index contributed by atoms with van der Waals surface area (Å²) in [4.78, 5) is 10.3.